The molecule has 1 aliphatic carbocycles. The van der Waals surface area contributed by atoms with Gasteiger partial charge in [0.1, 0.15) is 0 Å². The van der Waals surface area contributed by atoms with E-state index < -0.39 is 0 Å². The first kappa shape index (κ1) is 21.9. The van der Waals surface area contributed by atoms with Crippen molar-refractivity contribution in [1.29, 1.82) is 0 Å². The molecular weight excluding hydrogens is 354 g/mol. The SMILES string of the molecule is CCOC(=O)CCN(CCC1=CCCCC1)C(=O)CCC(=O)c1ccccc1. The zero-order valence-electron chi connectivity index (χ0n) is 16.8. The highest BCUT2D eigenvalue weighted by Gasteiger charge is 2.18. The minimum atomic E-state index is -0.294. The van der Waals surface area contributed by atoms with Crippen molar-refractivity contribution >= 4 is 17.7 Å². The van der Waals surface area contributed by atoms with Crippen molar-refractivity contribution in [2.75, 3.05) is 19.7 Å². The molecule has 0 radical (unpaired) electrons. The van der Waals surface area contributed by atoms with Crippen LogP contribution < -0.4 is 0 Å². The van der Waals surface area contributed by atoms with E-state index in [1.54, 1.807) is 24.0 Å². The number of hydrogen-bond donors (Lipinski definition) is 0. The van der Waals surface area contributed by atoms with Gasteiger partial charge in [0.05, 0.1) is 13.0 Å². The quantitative estimate of drug-likeness (QED) is 0.323. The maximum Gasteiger partial charge on any atom is 0.307 e. The number of nitrogens with zero attached hydrogens (tertiary/aromatic N) is 1. The first-order valence-corrected chi connectivity index (χ1v) is 10.3. The van der Waals surface area contributed by atoms with Gasteiger partial charge < -0.3 is 9.64 Å². The van der Waals surface area contributed by atoms with Crippen LogP contribution in [-0.4, -0.2) is 42.3 Å². The van der Waals surface area contributed by atoms with Crippen LogP contribution in [0.2, 0.25) is 0 Å². The number of carbonyl (C=O) groups is 3. The molecular formula is C23H31NO4. The lowest BCUT2D eigenvalue weighted by Gasteiger charge is -2.24. The molecule has 152 valence electrons. The second-order valence-electron chi connectivity index (χ2n) is 7.08. The summed E-state index contributed by atoms with van der Waals surface area (Å²) in [6, 6.07) is 9.03. The third kappa shape index (κ3) is 7.67. The average molecular weight is 386 g/mol. The van der Waals surface area contributed by atoms with Gasteiger partial charge in [-0.05, 0) is 39.0 Å². The second-order valence-corrected chi connectivity index (χ2v) is 7.08. The Hall–Kier alpha value is -2.43. The highest BCUT2D eigenvalue weighted by Crippen LogP contribution is 2.20. The molecule has 28 heavy (non-hydrogen) atoms. The maximum atomic E-state index is 12.7. The van der Waals surface area contributed by atoms with Gasteiger partial charge in [-0.1, -0.05) is 42.0 Å². The lowest BCUT2D eigenvalue weighted by molar-refractivity contribution is -0.144. The molecule has 0 spiro atoms. The van der Waals surface area contributed by atoms with Crippen LogP contribution in [0.5, 0.6) is 0 Å². The molecule has 0 heterocycles. The minimum Gasteiger partial charge on any atom is -0.466 e. The molecule has 0 fully saturated rings. The summed E-state index contributed by atoms with van der Waals surface area (Å²) < 4.78 is 4.98. The molecule has 0 atom stereocenters. The van der Waals surface area contributed by atoms with E-state index in [0.29, 0.717) is 25.3 Å². The molecule has 0 unspecified atom stereocenters. The Labute approximate surface area is 167 Å². The van der Waals surface area contributed by atoms with E-state index in [0.717, 1.165) is 19.3 Å². The van der Waals surface area contributed by atoms with E-state index in [-0.39, 0.29) is 36.9 Å². The van der Waals surface area contributed by atoms with Gasteiger partial charge in [0.2, 0.25) is 5.91 Å². The number of esters is 1. The summed E-state index contributed by atoms with van der Waals surface area (Å²) in [6.07, 6.45) is 8.27. The van der Waals surface area contributed by atoms with Gasteiger partial charge in [0, 0.05) is 31.5 Å². The number of ether oxygens (including phenoxy) is 1. The number of hydrogen-bond acceptors (Lipinski definition) is 4. The van der Waals surface area contributed by atoms with Crippen molar-refractivity contribution in [1.82, 2.24) is 4.90 Å². The zero-order chi connectivity index (χ0) is 20.2. The number of Topliss-reactive ketones (excluding diaryl/α,β-unsaturated/α-hetero) is 1. The molecule has 1 aromatic carbocycles. The molecule has 5 heteroatoms. The molecule has 1 amide bonds. The molecule has 5 nitrogen and oxygen atoms in total. The summed E-state index contributed by atoms with van der Waals surface area (Å²) in [5, 5.41) is 0. The molecule has 0 bridgehead atoms. The van der Waals surface area contributed by atoms with Crippen LogP contribution in [0.25, 0.3) is 0 Å². The lowest BCUT2D eigenvalue weighted by atomic mass is 9.97. The van der Waals surface area contributed by atoms with E-state index in [2.05, 4.69) is 6.08 Å². The summed E-state index contributed by atoms with van der Waals surface area (Å²) in [6.45, 7) is 3.03. The Kier molecular flexibility index (Phi) is 9.46. The minimum absolute atomic E-state index is 0.0331. The molecule has 1 aromatic rings. The molecule has 1 aliphatic rings. The molecule has 2 rings (SSSR count). The standard InChI is InChI=1S/C23H31NO4/c1-2-28-23(27)16-18-24(17-15-19-9-5-3-6-10-19)22(26)14-13-21(25)20-11-7-4-8-12-20/h4,7-9,11-12H,2-3,5-6,10,13-18H2,1H3. The highest BCUT2D eigenvalue weighted by atomic mass is 16.5. The van der Waals surface area contributed by atoms with Gasteiger partial charge in [0.25, 0.3) is 0 Å². The topological polar surface area (TPSA) is 63.7 Å². The second kappa shape index (κ2) is 12.1. The van der Waals surface area contributed by atoms with Crippen molar-refractivity contribution in [3.8, 4) is 0 Å². The van der Waals surface area contributed by atoms with Crippen molar-refractivity contribution < 1.29 is 19.1 Å². The summed E-state index contributed by atoms with van der Waals surface area (Å²) in [7, 11) is 0. The largest absolute Gasteiger partial charge is 0.466 e. The van der Waals surface area contributed by atoms with Crippen molar-refractivity contribution in [3.63, 3.8) is 0 Å². The zero-order valence-corrected chi connectivity index (χ0v) is 16.8. The van der Waals surface area contributed by atoms with Crippen LogP contribution in [0.15, 0.2) is 42.0 Å². The third-order valence-electron chi connectivity index (χ3n) is 4.99. The monoisotopic (exact) mass is 385 g/mol. The summed E-state index contributed by atoms with van der Waals surface area (Å²) in [4.78, 5) is 38.4. The number of rotatable bonds is 11. The van der Waals surface area contributed by atoms with E-state index in [9.17, 15) is 14.4 Å². The molecule has 0 aromatic heterocycles. The van der Waals surface area contributed by atoms with Gasteiger partial charge in [-0.2, -0.15) is 0 Å². The molecule has 0 aliphatic heterocycles. The Morgan fingerprint density at radius 3 is 2.46 bits per heavy atom. The van der Waals surface area contributed by atoms with Crippen LogP contribution >= 0.6 is 0 Å². The summed E-state index contributed by atoms with van der Waals surface area (Å²) >= 11 is 0. The van der Waals surface area contributed by atoms with Gasteiger partial charge in [-0.15, -0.1) is 0 Å². The molecule has 0 saturated heterocycles. The smallest absolute Gasteiger partial charge is 0.307 e. The molecule has 0 saturated carbocycles. The van der Waals surface area contributed by atoms with Crippen LogP contribution in [0.3, 0.4) is 0 Å². The van der Waals surface area contributed by atoms with Crippen molar-refractivity contribution in [3.05, 3.63) is 47.5 Å². The average Bonchev–Trinajstić information content (AvgIpc) is 2.73. The van der Waals surface area contributed by atoms with E-state index in [4.69, 9.17) is 4.74 Å². The predicted molar refractivity (Wildman–Crippen MR) is 109 cm³/mol. The highest BCUT2D eigenvalue weighted by molar-refractivity contribution is 5.97. The van der Waals surface area contributed by atoms with Crippen LogP contribution in [0, 0.1) is 0 Å². The number of benzene rings is 1. The fraction of sp³-hybridized carbons (Fsp3) is 0.522. The van der Waals surface area contributed by atoms with E-state index in [1.165, 1.54) is 18.4 Å². The van der Waals surface area contributed by atoms with Gasteiger partial charge in [0.15, 0.2) is 5.78 Å². The fourth-order valence-corrected chi connectivity index (χ4v) is 3.38. The normalized spacial score (nSPS) is 13.5. The van der Waals surface area contributed by atoms with Gasteiger partial charge in [-0.3, -0.25) is 14.4 Å². The first-order valence-electron chi connectivity index (χ1n) is 10.3. The number of allylic oxidation sites excluding steroid dienone is 1. The summed E-state index contributed by atoms with van der Waals surface area (Å²) in [5.74, 6) is -0.406. The molecule has 0 N–H and O–H groups in total. The predicted octanol–water partition coefficient (Wildman–Crippen LogP) is 4.32. The van der Waals surface area contributed by atoms with Gasteiger partial charge >= 0.3 is 5.97 Å². The Morgan fingerprint density at radius 2 is 1.79 bits per heavy atom. The number of carbonyl (C=O) groups excluding carboxylic acids is 3. The van der Waals surface area contributed by atoms with E-state index >= 15 is 0 Å². The third-order valence-corrected chi connectivity index (χ3v) is 4.99. The fourth-order valence-electron chi connectivity index (χ4n) is 3.38. The maximum absolute atomic E-state index is 12.7. The first-order chi connectivity index (χ1) is 13.6. The van der Waals surface area contributed by atoms with Crippen LogP contribution in [0.4, 0.5) is 0 Å². The summed E-state index contributed by atoms with van der Waals surface area (Å²) in [5.41, 5.74) is 2.02. The lowest BCUT2D eigenvalue weighted by Crippen LogP contribution is -2.34. The number of ketones is 1. The Bertz CT molecular complexity index is 681. The van der Waals surface area contributed by atoms with Gasteiger partial charge in [-0.25, -0.2) is 0 Å². The number of amides is 1. The van der Waals surface area contributed by atoms with Crippen molar-refractivity contribution in [2.24, 2.45) is 0 Å². The Morgan fingerprint density at radius 1 is 1.00 bits per heavy atom. The Balaban J connectivity index is 1.89. The van der Waals surface area contributed by atoms with E-state index in [1.807, 2.05) is 18.2 Å². The van der Waals surface area contributed by atoms with Crippen molar-refractivity contribution in [2.45, 2.75) is 58.3 Å². The van der Waals surface area contributed by atoms with Crippen LogP contribution in [0.1, 0.15) is 68.6 Å². The van der Waals surface area contributed by atoms with Crippen LogP contribution in [-0.2, 0) is 14.3 Å².